The van der Waals surface area contributed by atoms with Gasteiger partial charge in [0.05, 0.1) is 0 Å². The second-order valence-corrected chi connectivity index (χ2v) is 2.81. The summed E-state index contributed by atoms with van der Waals surface area (Å²) in [4.78, 5) is 13.0. The Bertz CT molecular complexity index is 118. The molecule has 0 aromatic heterocycles. The van der Waals surface area contributed by atoms with E-state index in [1.54, 1.807) is 6.92 Å². The van der Waals surface area contributed by atoms with Gasteiger partial charge in [-0.1, -0.05) is 6.92 Å². The monoisotopic (exact) mass is 127 g/mol. The number of ketones is 1. The van der Waals surface area contributed by atoms with E-state index in [2.05, 4.69) is 4.90 Å². The van der Waals surface area contributed by atoms with Crippen LogP contribution in [0.1, 0.15) is 13.8 Å². The van der Waals surface area contributed by atoms with Crippen molar-refractivity contribution >= 4 is 5.78 Å². The van der Waals surface area contributed by atoms with Crippen molar-refractivity contribution in [3.63, 3.8) is 0 Å². The zero-order chi connectivity index (χ0) is 6.85. The fourth-order valence-corrected chi connectivity index (χ4v) is 0.769. The van der Waals surface area contributed by atoms with Gasteiger partial charge in [-0.25, -0.2) is 0 Å². The Balaban J connectivity index is 2.16. The minimum atomic E-state index is 0.243. The first kappa shape index (κ1) is 6.75. The van der Waals surface area contributed by atoms with Crippen LogP contribution in [0.2, 0.25) is 0 Å². The highest BCUT2D eigenvalue weighted by Gasteiger charge is 2.21. The van der Waals surface area contributed by atoms with Crippen molar-refractivity contribution in [1.29, 1.82) is 0 Å². The van der Waals surface area contributed by atoms with Gasteiger partial charge in [-0.3, -0.25) is 4.79 Å². The summed E-state index contributed by atoms with van der Waals surface area (Å²) in [6.45, 7) is 7.00. The lowest BCUT2D eigenvalue weighted by Gasteiger charge is -2.05. The molecule has 1 aliphatic rings. The van der Waals surface area contributed by atoms with E-state index < -0.39 is 0 Å². The molecule has 2 heteroatoms. The summed E-state index contributed by atoms with van der Waals surface area (Å²) in [6.07, 6.45) is 0. The molecule has 0 N–H and O–H groups in total. The molecule has 1 aliphatic heterocycles. The molecule has 0 spiro atoms. The van der Waals surface area contributed by atoms with Gasteiger partial charge in [-0.15, -0.1) is 0 Å². The Morgan fingerprint density at radius 3 is 2.56 bits per heavy atom. The summed E-state index contributed by atoms with van der Waals surface area (Å²) in [5, 5.41) is 0. The lowest BCUT2D eigenvalue weighted by atomic mass is 10.1. The van der Waals surface area contributed by atoms with E-state index in [4.69, 9.17) is 0 Å². The Hall–Kier alpha value is -0.370. The summed E-state index contributed by atoms with van der Waals surface area (Å²) in [6, 6.07) is 0. The fourth-order valence-electron chi connectivity index (χ4n) is 0.769. The third-order valence-corrected chi connectivity index (χ3v) is 1.77. The molecule has 1 rings (SSSR count). The van der Waals surface area contributed by atoms with Crippen LogP contribution in [0.5, 0.6) is 0 Å². The molecule has 1 atom stereocenters. The third kappa shape index (κ3) is 2.14. The standard InChI is InChI=1S/C7H13NO/c1-6(7(2)9)5-8-3-4-8/h6H,3-5H2,1-2H3. The number of hydrogen-bond acceptors (Lipinski definition) is 2. The van der Waals surface area contributed by atoms with Gasteiger partial charge >= 0.3 is 0 Å². The topological polar surface area (TPSA) is 20.1 Å². The SMILES string of the molecule is CC(=O)C(C)CN1CC1. The molecule has 9 heavy (non-hydrogen) atoms. The average molecular weight is 127 g/mol. The first-order valence-electron chi connectivity index (χ1n) is 3.43. The maximum Gasteiger partial charge on any atom is 0.133 e. The number of carbonyl (C=O) groups is 1. The summed E-state index contributed by atoms with van der Waals surface area (Å²) in [5.41, 5.74) is 0. The highest BCUT2D eigenvalue weighted by Crippen LogP contribution is 2.08. The predicted molar refractivity (Wildman–Crippen MR) is 36.3 cm³/mol. The van der Waals surface area contributed by atoms with Crippen molar-refractivity contribution in [1.82, 2.24) is 4.90 Å². The van der Waals surface area contributed by atoms with Gasteiger partial charge in [0.25, 0.3) is 0 Å². The molecule has 0 amide bonds. The number of nitrogens with zero attached hydrogens (tertiary/aromatic N) is 1. The van der Waals surface area contributed by atoms with Gasteiger partial charge in [-0.2, -0.15) is 0 Å². The van der Waals surface area contributed by atoms with E-state index in [9.17, 15) is 4.79 Å². The van der Waals surface area contributed by atoms with Crippen LogP contribution in [0.4, 0.5) is 0 Å². The van der Waals surface area contributed by atoms with Crippen LogP contribution in [0.3, 0.4) is 0 Å². The van der Waals surface area contributed by atoms with Crippen LogP contribution in [0.25, 0.3) is 0 Å². The second-order valence-electron chi connectivity index (χ2n) is 2.81. The van der Waals surface area contributed by atoms with Crippen molar-refractivity contribution in [2.45, 2.75) is 13.8 Å². The van der Waals surface area contributed by atoms with Crippen LogP contribution < -0.4 is 0 Å². The van der Waals surface area contributed by atoms with Crippen molar-refractivity contribution in [2.24, 2.45) is 5.92 Å². The molecule has 1 fully saturated rings. The third-order valence-electron chi connectivity index (χ3n) is 1.77. The Morgan fingerprint density at radius 1 is 1.67 bits per heavy atom. The van der Waals surface area contributed by atoms with Crippen molar-refractivity contribution in [3.05, 3.63) is 0 Å². The lowest BCUT2D eigenvalue weighted by Crippen LogP contribution is -2.16. The molecule has 1 heterocycles. The number of hydrogen-bond donors (Lipinski definition) is 0. The summed E-state index contributed by atoms with van der Waals surface area (Å²) in [7, 11) is 0. The Morgan fingerprint density at radius 2 is 2.22 bits per heavy atom. The smallest absolute Gasteiger partial charge is 0.133 e. The first-order valence-corrected chi connectivity index (χ1v) is 3.43. The van der Waals surface area contributed by atoms with Gasteiger partial charge in [0.15, 0.2) is 0 Å². The van der Waals surface area contributed by atoms with E-state index in [-0.39, 0.29) is 5.92 Å². The fraction of sp³-hybridized carbons (Fsp3) is 0.857. The highest BCUT2D eigenvalue weighted by molar-refractivity contribution is 5.78. The van der Waals surface area contributed by atoms with Gasteiger partial charge in [0.1, 0.15) is 5.78 Å². The highest BCUT2D eigenvalue weighted by atomic mass is 16.1. The maximum absolute atomic E-state index is 10.7. The number of rotatable bonds is 3. The summed E-state index contributed by atoms with van der Waals surface area (Å²) < 4.78 is 0. The van der Waals surface area contributed by atoms with Gasteiger partial charge in [-0.05, 0) is 6.92 Å². The molecule has 1 unspecified atom stereocenters. The summed E-state index contributed by atoms with van der Waals surface area (Å²) >= 11 is 0. The predicted octanol–water partition coefficient (Wildman–Crippen LogP) is 0.527. The van der Waals surface area contributed by atoms with E-state index in [0.717, 1.165) is 6.54 Å². The molecular formula is C7H13NO. The second kappa shape index (κ2) is 2.48. The molecule has 0 bridgehead atoms. The molecule has 0 aromatic carbocycles. The minimum Gasteiger partial charge on any atom is -0.300 e. The van der Waals surface area contributed by atoms with Crippen LogP contribution in [-0.2, 0) is 4.79 Å². The Kier molecular flexibility index (Phi) is 1.86. The molecular weight excluding hydrogens is 114 g/mol. The van der Waals surface area contributed by atoms with E-state index >= 15 is 0 Å². The molecule has 2 nitrogen and oxygen atoms in total. The largest absolute Gasteiger partial charge is 0.300 e. The molecule has 0 radical (unpaired) electrons. The van der Waals surface area contributed by atoms with Crippen molar-refractivity contribution in [2.75, 3.05) is 19.6 Å². The lowest BCUT2D eigenvalue weighted by molar-refractivity contribution is -0.120. The van der Waals surface area contributed by atoms with Crippen LogP contribution in [0.15, 0.2) is 0 Å². The minimum absolute atomic E-state index is 0.243. The van der Waals surface area contributed by atoms with Crippen LogP contribution in [-0.4, -0.2) is 30.3 Å². The normalized spacial score (nSPS) is 21.6. The number of Topliss-reactive ketones (excluding diaryl/α,β-unsaturated/α-hetero) is 1. The van der Waals surface area contributed by atoms with E-state index in [1.165, 1.54) is 13.1 Å². The van der Waals surface area contributed by atoms with Gasteiger partial charge in [0, 0.05) is 25.6 Å². The van der Waals surface area contributed by atoms with Gasteiger partial charge < -0.3 is 4.90 Å². The quantitative estimate of drug-likeness (QED) is 0.515. The average Bonchev–Trinajstić information content (AvgIpc) is 2.50. The molecule has 0 aliphatic carbocycles. The van der Waals surface area contributed by atoms with Crippen LogP contribution >= 0.6 is 0 Å². The molecule has 52 valence electrons. The maximum atomic E-state index is 10.7. The first-order chi connectivity index (χ1) is 4.20. The molecule has 0 saturated carbocycles. The van der Waals surface area contributed by atoms with E-state index in [1.807, 2.05) is 6.92 Å². The van der Waals surface area contributed by atoms with E-state index in [0.29, 0.717) is 5.78 Å². The van der Waals surface area contributed by atoms with Gasteiger partial charge in [0.2, 0.25) is 0 Å². The number of carbonyl (C=O) groups excluding carboxylic acids is 1. The van der Waals surface area contributed by atoms with Crippen molar-refractivity contribution in [3.8, 4) is 0 Å². The zero-order valence-electron chi connectivity index (χ0n) is 6.05. The van der Waals surface area contributed by atoms with Crippen molar-refractivity contribution < 1.29 is 4.79 Å². The zero-order valence-corrected chi connectivity index (χ0v) is 6.05. The van der Waals surface area contributed by atoms with Crippen LogP contribution in [0, 0.1) is 5.92 Å². The summed E-state index contributed by atoms with van der Waals surface area (Å²) in [5.74, 6) is 0.550. The molecule has 0 aromatic rings. The molecule has 1 saturated heterocycles. The Labute approximate surface area is 55.8 Å².